The van der Waals surface area contributed by atoms with Crippen molar-refractivity contribution in [3.63, 3.8) is 0 Å². The van der Waals surface area contributed by atoms with Crippen molar-refractivity contribution in [3.05, 3.63) is 59.4 Å². The third-order valence-electron chi connectivity index (χ3n) is 3.80. The quantitative estimate of drug-likeness (QED) is 0.356. The first kappa shape index (κ1) is 16.5. The topological polar surface area (TPSA) is 3.24 Å². The smallest absolute Gasteiger partial charge is 0.200 e. The van der Waals surface area contributed by atoms with Crippen molar-refractivity contribution in [2.75, 3.05) is 11.6 Å². The van der Waals surface area contributed by atoms with E-state index in [-0.39, 0.29) is 0 Å². The monoisotopic (exact) mass is 331 g/mol. The van der Waals surface area contributed by atoms with Gasteiger partial charge in [0.25, 0.3) is 0 Å². The fraction of sp³-hybridized carbons (Fsp3) is 0.200. The van der Waals surface area contributed by atoms with Gasteiger partial charge in [0.15, 0.2) is 31.5 Å². The van der Waals surface area contributed by atoms with Gasteiger partial charge in [-0.05, 0) is 32.3 Å². The molecular formula is C15H14F5NSi. The summed E-state index contributed by atoms with van der Waals surface area (Å²) in [4.78, 5) is 0. The number of nitrogens with zero attached hydrogens (tertiary/aromatic N) is 1. The maximum absolute atomic E-state index is 14.1. The number of para-hydroxylation sites is 1. The van der Waals surface area contributed by atoms with Crippen LogP contribution < -0.4 is 9.75 Å². The predicted octanol–water partition coefficient (Wildman–Crippen LogP) is 3.93. The maximum atomic E-state index is 14.1. The lowest BCUT2D eigenvalue weighted by Crippen LogP contribution is -2.59. The largest absolute Gasteiger partial charge is 0.396 e. The van der Waals surface area contributed by atoms with E-state index in [1.54, 1.807) is 41.9 Å². The number of hydrogen-bond acceptors (Lipinski definition) is 1. The molecule has 0 heterocycles. The molecule has 22 heavy (non-hydrogen) atoms. The van der Waals surface area contributed by atoms with Gasteiger partial charge in [-0.15, -0.1) is 0 Å². The molecule has 0 bridgehead atoms. The van der Waals surface area contributed by atoms with Crippen LogP contribution in [0.4, 0.5) is 27.6 Å². The number of rotatable bonds is 3. The molecule has 0 aromatic heterocycles. The molecule has 0 aliphatic heterocycles. The van der Waals surface area contributed by atoms with Crippen LogP contribution in [0.25, 0.3) is 0 Å². The van der Waals surface area contributed by atoms with E-state index in [1.807, 2.05) is 0 Å². The van der Waals surface area contributed by atoms with Crippen LogP contribution in [0, 0.1) is 29.1 Å². The van der Waals surface area contributed by atoms with E-state index >= 15 is 0 Å². The normalized spacial score (nSPS) is 11.6. The lowest BCUT2D eigenvalue weighted by molar-refractivity contribution is 0.383. The average molecular weight is 331 g/mol. The number of anilines is 1. The van der Waals surface area contributed by atoms with Crippen LogP contribution in [0.15, 0.2) is 30.3 Å². The maximum Gasteiger partial charge on any atom is 0.200 e. The fourth-order valence-electron chi connectivity index (χ4n) is 2.28. The molecule has 0 spiro atoms. The van der Waals surface area contributed by atoms with Gasteiger partial charge in [-0.2, -0.15) is 0 Å². The van der Waals surface area contributed by atoms with E-state index in [2.05, 4.69) is 0 Å². The molecule has 1 nitrogen and oxygen atoms in total. The molecular weight excluding hydrogens is 317 g/mol. The first-order valence-corrected chi connectivity index (χ1v) is 9.45. The Kier molecular flexibility index (Phi) is 4.28. The Morgan fingerprint density at radius 3 is 1.59 bits per heavy atom. The van der Waals surface area contributed by atoms with Gasteiger partial charge in [0.1, 0.15) is 0 Å². The molecule has 0 fully saturated rings. The van der Waals surface area contributed by atoms with Gasteiger partial charge in [0.2, 0.25) is 5.82 Å². The molecule has 0 saturated heterocycles. The Bertz CT molecular complexity index is 674. The summed E-state index contributed by atoms with van der Waals surface area (Å²) < 4.78 is 69.8. The van der Waals surface area contributed by atoms with Crippen molar-refractivity contribution in [2.24, 2.45) is 0 Å². The van der Waals surface area contributed by atoms with Crippen molar-refractivity contribution >= 4 is 19.1 Å². The van der Waals surface area contributed by atoms with Crippen LogP contribution in [0.3, 0.4) is 0 Å². The zero-order valence-corrected chi connectivity index (χ0v) is 13.2. The molecule has 0 N–H and O–H groups in total. The minimum atomic E-state index is -3.16. The molecule has 0 saturated carbocycles. The summed E-state index contributed by atoms with van der Waals surface area (Å²) in [7, 11) is -1.58. The van der Waals surface area contributed by atoms with Gasteiger partial charge in [-0.25, -0.2) is 22.0 Å². The van der Waals surface area contributed by atoms with Gasteiger partial charge < -0.3 is 4.57 Å². The Labute approximate surface area is 126 Å². The number of halogens is 5. The highest BCUT2D eigenvalue weighted by Crippen LogP contribution is 2.24. The van der Waals surface area contributed by atoms with Crippen LogP contribution in [0.1, 0.15) is 0 Å². The summed E-state index contributed by atoms with van der Waals surface area (Å²) in [5, 5.41) is -0.727. The standard InChI is InChI=1S/C15H14F5NSi/c1-21(9-7-5-4-6-8-9)22(2,3)15-13(19)11(17)10(16)12(18)14(15)20/h4-8H,1-3H3. The van der Waals surface area contributed by atoms with Crippen LogP contribution in [-0.2, 0) is 0 Å². The highest BCUT2D eigenvalue weighted by molar-refractivity contribution is 6.92. The molecule has 118 valence electrons. The minimum absolute atomic E-state index is 0.642. The second kappa shape index (κ2) is 5.72. The number of hydrogen-bond donors (Lipinski definition) is 0. The van der Waals surface area contributed by atoms with Crippen LogP contribution in [0.2, 0.25) is 13.1 Å². The van der Waals surface area contributed by atoms with Crippen molar-refractivity contribution in [2.45, 2.75) is 13.1 Å². The van der Waals surface area contributed by atoms with Gasteiger partial charge in [-0.1, -0.05) is 18.2 Å². The van der Waals surface area contributed by atoms with E-state index in [9.17, 15) is 22.0 Å². The SMILES string of the molecule is CN(c1ccccc1)[Si](C)(C)c1c(F)c(F)c(F)c(F)c1F. The molecule has 2 rings (SSSR count). The highest BCUT2D eigenvalue weighted by Gasteiger charge is 2.39. The van der Waals surface area contributed by atoms with Gasteiger partial charge in [0, 0.05) is 10.9 Å². The molecule has 0 radical (unpaired) electrons. The van der Waals surface area contributed by atoms with Crippen LogP contribution in [-0.4, -0.2) is 15.3 Å². The second-order valence-electron chi connectivity index (χ2n) is 5.40. The Hall–Kier alpha value is -1.89. The third kappa shape index (κ3) is 2.49. The van der Waals surface area contributed by atoms with Crippen molar-refractivity contribution in [1.29, 1.82) is 0 Å². The van der Waals surface area contributed by atoms with E-state index in [4.69, 9.17) is 0 Å². The first-order chi connectivity index (χ1) is 10.2. The molecule has 0 unspecified atom stereocenters. The zero-order chi connectivity index (χ0) is 16.7. The van der Waals surface area contributed by atoms with Crippen molar-refractivity contribution in [3.8, 4) is 0 Å². The zero-order valence-electron chi connectivity index (χ0n) is 12.2. The predicted molar refractivity (Wildman–Crippen MR) is 78.2 cm³/mol. The molecule has 0 aliphatic carbocycles. The van der Waals surface area contributed by atoms with Gasteiger partial charge in [0.05, 0.1) is 0 Å². The average Bonchev–Trinajstić information content (AvgIpc) is 2.51. The Morgan fingerprint density at radius 1 is 0.727 bits per heavy atom. The van der Waals surface area contributed by atoms with Crippen molar-refractivity contribution < 1.29 is 22.0 Å². The van der Waals surface area contributed by atoms with Crippen molar-refractivity contribution in [1.82, 2.24) is 0 Å². The van der Waals surface area contributed by atoms with Gasteiger partial charge in [-0.3, -0.25) is 0 Å². The minimum Gasteiger partial charge on any atom is -0.396 e. The summed E-state index contributed by atoms with van der Waals surface area (Å²) in [6.45, 7) is 3.05. The Balaban J connectivity index is 2.64. The van der Waals surface area contributed by atoms with E-state index < -0.39 is 42.5 Å². The third-order valence-corrected chi connectivity index (χ3v) is 7.40. The van der Waals surface area contributed by atoms with Crippen LogP contribution in [0.5, 0.6) is 0 Å². The number of benzene rings is 2. The highest BCUT2D eigenvalue weighted by atomic mass is 28.3. The summed E-state index contributed by atoms with van der Waals surface area (Å²) in [5.41, 5.74) is 0.642. The Morgan fingerprint density at radius 2 is 1.14 bits per heavy atom. The van der Waals surface area contributed by atoms with E-state index in [0.29, 0.717) is 5.69 Å². The first-order valence-electron chi connectivity index (χ1n) is 6.50. The van der Waals surface area contributed by atoms with Crippen LogP contribution >= 0.6 is 0 Å². The summed E-state index contributed by atoms with van der Waals surface area (Å²) in [6.07, 6.45) is 0. The molecule has 0 aliphatic rings. The lowest BCUT2D eigenvalue weighted by atomic mass is 10.3. The molecule has 0 atom stereocenters. The van der Waals surface area contributed by atoms with E-state index in [0.717, 1.165) is 0 Å². The molecule has 0 amide bonds. The fourth-order valence-corrected chi connectivity index (χ4v) is 4.71. The second-order valence-corrected chi connectivity index (χ2v) is 9.69. The summed E-state index contributed by atoms with van der Waals surface area (Å²) in [6, 6.07) is 8.65. The molecule has 2 aromatic rings. The summed E-state index contributed by atoms with van der Waals surface area (Å²) >= 11 is 0. The molecule has 7 heteroatoms. The lowest BCUT2D eigenvalue weighted by Gasteiger charge is -2.36. The van der Waals surface area contributed by atoms with E-state index in [1.165, 1.54) is 13.1 Å². The molecule has 2 aromatic carbocycles. The van der Waals surface area contributed by atoms with Gasteiger partial charge >= 0.3 is 0 Å². The summed E-state index contributed by atoms with van der Waals surface area (Å²) in [5.74, 6) is -9.45.